The zero-order valence-corrected chi connectivity index (χ0v) is 8.50. The van der Waals surface area contributed by atoms with Gasteiger partial charge in [0.05, 0.1) is 12.0 Å². The summed E-state index contributed by atoms with van der Waals surface area (Å²) < 4.78 is 0. The van der Waals surface area contributed by atoms with Crippen molar-refractivity contribution in [1.82, 2.24) is 0 Å². The van der Waals surface area contributed by atoms with Crippen molar-refractivity contribution < 1.29 is 15.0 Å². The van der Waals surface area contributed by atoms with E-state index in [1.807, 2.05) is 30.3 Å². The first kappa shape index (κ1) is 11.5. The molecule has 0 bridgehead atoms. The van der Waals surface area contributed by atoms with Crippen LogP contribution in [0.25, 0.3) is 6.08 Å². The summed E-state index contributed by atoms with van der Waals surface area (Å²) >= 11 is 0. The van der Waals surface area contributed by atoms with Gasteiger partial charge in [-0.25, -0.2) is 0 Å². The minimum atomic E-state index is -1.000. The van der Waals surface area contributed by atoms with Crippen LogP contribution in [-0.2, 0) is 4.79 Å². The first-order valence-corrected chi connectivity index (χ1v) is 4.75. The van der Waals surface area contributed by atoms with Crippen molar-refractivity contribution in [2.75, 3.05) is 0 Å². The van der Waals surface area contributed by atoms with Gasteiger partial charge in [0.15, 0.2) is 0 Å². The lowest BCUT2D eigenvalue weighted by Gasteiger charge is -2.09. The Morgan fingerprint density at radius 2 is 1.93 bits per heavy atom. The van der Waals surface area contributed by atoms with Crippen LogP contribution >= 0.6 is 0 Å². The molecule has 0 amide bonds. The molecule has 0 fully saturated rings. The third kappa shape index (κ3) is 3.56. The molecule has 0 heterocycles. The molecule has 0 aliphatic rings. The molecule has 0 saturated heterocycles. The Hall–Kier alpha value is -1.61. The Morgan fingerprint density at radius 3 is 2.47 bits per heavy atom. The van der Waals surface area contributed by atoms with E-state index in [4.69, 9.17) is 5.11 Å². The molecular weight excluding hydrogens is 192 g/mol. The van der Waals surface area contributed by atoms with Gasteiger partial charge >= 0.3 is 5.97 Å². The van der Waals surface area contributed by atoms with Crippen molar-refractivity contribution in [2.24, 2.45) is 5.92 Å². The Balaban J connectivity index is 2.62. The van der Waals surface area contributed by atoms with Gasteiger partial charge in [0.1, 0.15) is 0 Å². The highest BCUT2D eigenvalue weighted by molar-refractivity contribution is 5.71. The van der Waals surface area contributed by atoms with Crippen molar-refractivity contribution in [3.63, 3.8) is 0 Å². The molecule has 0 radical (unpaired) electrons. The molecule has 0 spiro atoms. The summed E-state index contributed by atoms with van der Waals surface area (Å²) in [4.78, 5) is 10.6. The first-order chi connectivity index (χ1) is 7.11. The van der Waals surface area contributed by atoms with Crippen molar-refractivity contribution in [2.45, 2.75) is 13.0 Å². The van der Waals surface area contributed by atoms with E-state index in [2.05, 4.69) is 0 Å². The number of rotatable bonds is 4. The summed E-state index contributed by atoms with van der Waals surface area (Å²) in [5.74, 6) is -1.79. The molecule has 3 nitrogen and oxygen atoms in total. The average molecular weight is 206 g/mol. The van der Waals surface area contributed by atoms with Crippen LogP contribution in [0.1, 0.15) is 12.5 Å². The standard InChI is InChI=1S/C12H14O3/c1-9(12(14)15)11(13)8-7-10-5-3-2-4-6-10/h2-9,11,13H,1H3,(H,14,15)/b8-7+/t9-,11-/m1/s1. The van der Waals surface area contributed by atoms with Crippen LogP contribution in [0.5, 0.6) is 0 Å². The second-order valence-electron chi connectivity index (χ2n) is 3.39. The van der Waals surface area contributed by atoms with Crippen LogP contribution < -0.4 is 0 Å². The van der Waals surface area contributed by atoms with Gasteiger partial charge < -0.3 is 10.2 Å². The second-order valence-corrected chi connectivity index (χ2v) is 3.39. The Kier molecular flexibility index (Phi) is 4.06. The molecule has 0 aliphatic carbocycles. The predicted octanol–water partition coefficient (Wildman–Crippen LogP) is 1.78. The van der Waals surface area contributed by atoms with Gasteiger partial charge in [-0.3, -0.25) is 4.79 Å². The van der Waals surface area contributed by atoms with Gasteiger partial charge in [-0.2, -0.15) is 0 Å². The Labute approximate surface area is 88.7 Å². The van der Waals surface area contributed by atoms with Crippen LogP contribution in [0.2, 0.25) is 0 Å². The summed E-state index contributed by atoms with van der Waals surface area (Å²) in [6.07, 6.45) is 2.25. The fraction of sp³-hybridized carbons (Fsp3) is 0.250. The van der Waals surface area contributed by atoms with Crippen LogP contribution in [0.3, 0.4) is 0 Å². The number of aliphatic hydroxyl groups is 1. The van der Waals surface area contributed by atoms with E-state index in [0.717, 1.165) is 5.56 Å². The summed E-state index contributed by atoms with van der Waals surface area (Å²) in [6.45, 7) is 1.47. The van der Waals surface area contributed by atoms with E-state index in [1.165, 1.54) is 13.0 Å². The number of aliphatic carboxylic acids is 1. The normalized spacial score (nSPS) is 15.1. The van der Waals surface area contributed by atoms with E-state index in [9.17, 15) is 9.90 Å². The summed E-state index contributed by atoms with van der Waals surface area (Å²) in [5.41, 5.74) is 0.939. The molecule has 2 N–H and O–H groups in total. The van der Waals surface area contributed by atoms with Crippen molar-refractivity contribution >= 4 is 12.0 Å². The summed E-state index contributed by atoms with van der Waals surface area (Å²) in [5, 5.41) is 18.1. The van der Waals surface area contributed by atoms with E-state index < -0.39 is 18.0 Å². The van der Waals surface area contributed by atoms with E-state index >= 15 is 0 Å². The molecule has 2 atom stereocenters. The second kappa shape index (κ2) is 5.32. The first-order valence-electron chi connectivity index (χ1n) is 4.75. The Bertz CT molecular complexity index is 343. The molecule has 1 rings (SSSR count). The van der Waals surface area contributed by atoms with E-state index in [1.54, 1.807) is 6.08 Å². The number of hydrogen-bond donors (Lipinski definition) is 2. The molecule has 1 aromatic carbocycles. The zero-order valence-electron chi connectivity index (χ0n) is 8.50. The van der Waals surface area contributed by atoms with Crippen molar-refractivity contribution in [3.05, 3.63) is 42.0 Å². The van der Waals surface area contributed by atoms with Gasteiger partial charge in [-0.1, -0.05) is 42.5 Å². The number of benzene rings is 1. The highest BCUT2D eigenvalue weighted by Crippen LogP contribution is 2.08. The van der Waals surface area contributed by atoms with Crippen molar-refractivity contribution in [1.29, 1.82) is 0 Å². The molecule has 15 heavy (non-hydrogen) atoms. The quantitative estimate of drug-likeness (QED) is 0.789. The maximum atomic E-state index is 10.6. The smallest absolute Gasteiger partial charge is 0.309 e. The third-order valence-electron chi connectivity index (χ3n) is 2.19. The maximum absolute atomic E-state index is 10.6. The number of hydrogen-bond acceptors (Lipinski definition) is 2. The van der Waals surface area contributed by atoms with Crippen LogP contribution in [-0.4, -0.2) is 22.3 Å². The average Bonchev–Trinajstić information content (AvgIpc) is 2.26. The van der Waals surface area contributed by atoms with Crippen LogP contribution in [0, 0.1) is 5.92 Å². The van der Waals surface area contributed by atoms with Crippen LogP contribution in [0.4, 0.5) is 0 Å². The molecule has 0 aliphatic heterocycles. The number of carbonyl (C=O) groups is 1. The molecule has 0 saturated carbocycles. The monoisotopic (exact) mass is 206 g/mol. The largest absolute Gasteiger partial charge is 0.481 e. The molecule has 0 unspecified atom stereocenters. The number of aliphatic hydroxyl groups excluding tert-OH is 1. The maximum Gasteiger partial charge on any atom is 0.309 e. The highest BCUT2D eigenvalue weighted by Gasteiger charge is 2.18. The minimum Gasteiger partial charge on any atom is -0.481 e. The van der Waals surface area contributed by atoms with Gasteiger partial charge in [0.2, 0.25) is 0 Å². The summed E-state index contributed by atoms with van der Waals surface area (Å²) in [7, 11) is 0. The van der Waals surface area contributed by atoms with Gasteiger partial charge in [0, 0.05) is 0 Å². The lowest BCUT2D eigenvalue weighted by molar-refractivity contribution is -0.143. The number of carboxylic acid groups (broad SMARTS) is 1. The fourth-order valence-electron chi connectivity index (χ4n) is 1.09. The van der Waals surface area contributed by atoms with Crippen molar-refractivity contribution in [3.8, 4) is 0 Å². The fourth-order valence-corrected chi connectivity index (χ4v) is 1.09. The van der Waals surface area contributed by atoms with E-state index in [0.29, 0.717) is 0 Å². The molecule has 3 heteroatoms. The minimum absolute atomic E-state index is 0.787. The molecule has 0 aromatic heterocycles. The zero-order chi connectivity index (χ0) is 11.3. The lowest BCUT2D eigenvalue weighted by Crippen LogP contribution is -2.23. The summed E-state index contributed by atoms with van der Waals surface area (Å²) in [6, 6.07) is 9.43. The highest BCUT2D eigenvalue weighted by atomic mass is 16.4. The lowest BCUT2D eigenvalue weighted by atomic mass is 10.0. The number of carboxylic acids is 1. The molecule has 80 valence electrons. The predicted molar refractivity (Wildman–Crippen MR) is 58.3 cm³/mol. The molecular formula is C12H14O3. The van der Waals surface area contributed by atoms with Gasteiger partial charge in [-0.05, 0) is 12.5 Å². The van der Waals surface area contributed by atoms with E-state index in [-0.39, 0.29) is 0 Å². The van der Waals surface area contributed by atoms with Gasteiger partial charge in [0.25, 0.3) is 0 Å². The topological polar surface area (TPSA) is 57.5 Å². The SMILES string of the molecule is C[C@@H](C(=O)O)[C@H](O)/C=C/c1ccccc1. The third-order valence-corrected chi connectivity index (χ3v) is 2.19. The van der Waals surface area contributed by atoms with Crippen LogP contribution in [0.15, 0.2) is 36.4 Å². The molecule has 1 aromatic rings. The van der Waals surface area contributed by atoms with Gasteiger partial charge in [-0.15, -0.1) is 0 Å². The Morgan fingerprint density at radius 1 is 1.33 bits per heavy atom.